The second kappa shape index (κ2) is 7.72. The maximum atomic E-state index is 12.2. The zero-order valence-corrected chi connectivity index (χ0v) is 15.2. The Hall–Kier alpha value is -1.30. The summed E-state index contributed by atoms with van der Waals surface area (Å²) in [5.74, 6) is -0.351. The van der Waals surface area contributed by atoms with Gasteiger partial charge in [-0.25, -0.2) is 4.79 Å². The molecule has 1 atom stereocenters. The van der Waals surface area contributed by atoms with Crippen molar-refractivity contribution >= 4 is 12.1 Å². The fourth-order valence-electron chi connectivity index (χ4n) is 3.61. The van der Waals surface area contributed by atoms with Crippen LogP contribution in [0.15, 0.2) is 0 Å². The van der Waals surface area contributed by atoms with Crippen molar-refractivity contribution in [1.82, 2.24) is 4.90 Å². The topological polar surface area (TPSA) is 76.1 Å². The number of carboxylic acids is 1. The molecular formula is C18H31NO5. The number of ether oxygens (including phenoxy) is 2. The van der Waals surface area contributed by atoms with Crippen molar-refractivity contribution in [3.8, 4) is 0 Å². The van der Waals surface area contributed by atoms with Gasteiger partial charge in [-0.05, 0) is 65.2 Å². The highest BCUT2D eigenvalue weighted by Crippen LogP contribution is 2.38. The maximum absolute atomic E-state index is 12.2. The highest BCUT2D eigenvalue weighted by Gasteiger charge is 2.40. The number of aliphatic carboxylic acids is 1. The summed E-state index contributed by atoms with van der Waals surface area (Å²) >= 11 is 0. The number of rotatable bonds is 4. The molecule has 0 aromatic carbocycles. The molecule has 1 N–H and O–H groups in total. The molecule has 0 radical (unpaired) electrons. The Morgan fingerprint density at radius 3 is 2.54 bits per heavy atom. The van der Waals surface area contributed by atoms with Crippen LogP contribution in [0, 0.1) is 11.3 Å². The monoisotopic (exact) mass is 341 g/mol. The molecule has 6 heteroatoms. The van der Waals surface area contributed by atoms with Crippen molar-refractivity contribution in [3.63, 3.8) is 0 Å². The number of likely N-dealkylation sites (tertiary alicyclic amines) is 1. The quantitative estimate of drug-likeness (QED) is 0.849. The van der Waals surface area contributed by atoms with Gasteiger partial charge in [0.2, 0.25) is 0 Å². The molecule has 2 fully saturated rings. The van der Waals surface area contributed by atoms with Crippen LogP contribution >= 0.6 is 0 Å². The van der Waals surface area contributed by atoms with Crippen molar-refractivity contribution in [1.29, 1.82) is 0 Å². The third-order valence-corrected chi connectivity index (χ3v) is 5.11. The van der Waals surface area contributed by atoms with E-state index < -0.39 is 17.0 Å². The van der Waals surface area contributed by atoms with E-state index in [1.54, 1.807) is 4.90 Å². The summed E-state index contributed by atoms with van der Waals surface area (Å²) in [5.41, 5.74) is -1.13. The van der Waals surface area contributed by atoms with Gasteiger partial charge in [0.1, 0.15) is 5.60 Å². The number of carbonyl (C=O) groups excluding carboxylic acids is 1. The van der Waals surface area contributed by atoms with Gasteiger partial charge in [0.25, 0.3) is 0 Å². The van der Waals surface area contributed by atoms with Crippen LogP contribution in [-0.2, 0) is 14.3 Å². The van der Waals surface area contributed by atoms with E-state index in [2.05, 4.69) is 0 Å². The molecule has 2 aliphatic heterocycles. The fraction of sp³-hybridized carbons (Fsp3) is 0.889. The third kappa shape index (κ3) is 5.10. The van der Waals surface area contributed by atoms with E-state index in [0.717, 1.165) is 25.8 Å². The number of hydrogen-bond acceptors (Lipinski definition) is 4. The smallest absolute Gasteiger partial charge is 0.410 e. The van der Waals surface area contributed by atoms with Gasteiger partial charge in [0.15, 0.2) is 0 Å². The Kier molecular flexibility index (Phi) is 6.12. The summed E-state index contributed by atoms with van der Waals surface area (Å²) in [6.07, 6.45) is 4.42. The molecule has 0 aromatic heterocycles. The molecule has 0 bridgehead atoms. The minimum Gasteiger partial charge on any atom is -0.481 e. The Morgan fingerprint density at radius 2 is 1.96 bits per heavy atom. The number of piperidine rings is 1. The summed E-state index contributed by atoms with van der Waals surface area (Å²) in [7, 11) is 0. The molecule has 2 aliphatic rings. The molecule has 0 aromatic rings. The predicted molar refractivity (Wildman–Crippen MR) is 89.9 cm³/mol. The van der Waals surface area contributed by atoms with Gasteiger partial charge in [-0.15, -0.1) is 0 Å². The van der Waals surface area contributed by atoms with Crippen molar-refractivity contribution < 1.29 is 24.2 Å². The largest absolute Gasteiger partial charge is 0.481 e. The van der Waals surface area contributed by atoms with Gasteiger partial charge in [-0.1, -0.05) is 0 Å². The van der Waals surface area contributed by atoms with Gasteiger partial charge in [-0.2, -0.15) is 0 Å². The predicted octanol–water partition coefficient (Wildman–Crippen LogP) is 3.30. The van der Waals surface area contributed by atoms with E-state index in [9.17, 15) is 14.7 Å². The van der Waals surface area contributed by atoms with Crippen LogP contribution in [0.25, 0.3) is 0 Å². The zero-order valence-electron chi connectivity index (χ0n) is 15.2. The highest BCUT2D eigenvalue weighted by atomic mass is 16.6. The first-order valence-corrected chi connectivity index (χ1v) is 9.01. The normalized spacial score (nSPS) is 24.5. The molecule has 0 aliphatic carbocycles. The molecular weight excluding hydrogens is 310 g/mol. The van der Waals surface area contributed by atoms with Crippen LogP contribution in [0.1, 0.15) is 59.3 Å². The standard InChI is InChI=1S/C18H31NO5/c1-17(2,3)24-16(22)19-10-4-5-14(13-19)6-7-18(15(20)21)8-11-23-12-9-18/h14H,4-13H2,1-3H3,(H,20,21). The van der Waals surface area contributed by atoms with Gasteiger partial charge >= 0.3 is 12.1 Å². The van der Waals surface area contributed by atoms with E-state index >= 15 is 0 Å². The Morgan fingerprint density at radius 1 is 1.29 bits per heavy atom. The summed E-state index contributed by atoms with van der Waals surface area (Å²) in [6.45, 7) is 8.06. The van der Waals surface area contributed by atoms with Crippen molar-refractivity contribution in [2.45, 2.75) is 64.9 Å². The molecule has 0 spiro atoms. The second-order valence-electron chi connectivity index (χ2n) is 8.17. The number of amides is 1. The Labute approximate surface area is 144 Å². The number of carboxylic acid groups (broad SMARTS) is 1. The lowest BCUT2D eigenvalue weighted by atomic mass is 9.74. The average molecular weight is 341 g/mol. The average Bonchev–Trinajstić information content (AvgIpc) is 2.52. The van der Waals surface area contributed by atoms with E-state index in [4.69, 9.17) is 9.47 Å². The molecule has 1 amide bonds. The first kappa shape index (κ1) is 19.0. The highest BCUT2D eigenvalue weighted by molar-refractivity contribution is 5.74. The summed E-state index contributed by atoms with van der Waals surface area (Å²) in [5, 5.41) is 9.65. The zero-order chi connectivity index (χ0) is 17.8. The third-order valence-electron chi connectivity index (χ3n) is 5.11. The molecule has 2 rings (SSSR count). The molecule has 2 heterocycles. The van der Waals surface area contributed by atoms with Gasteiger partial charge in [0.05, 0.1) is 5.41 Å². The minimum absolute atomic E-state index is 0.258. The lowest BCUT2D eigenvalue weighted by Crippen LogP contribution is -2.43. The summed E-state index contributed by atoms with van der Waals surface area (Å²) in [6, 6.07) is 0. The lowest BCUT2D eigenvalue weighted by Gasteiger charge is -2.37. The number of hydrogen-bond donors (Lipinski definition) is 1. The van der Waals surface area contributed by atoms with Gasteiger partial charge < -0.3 is 19.5 Å². The maximum Gasteiger partial charge on any atom is 0.410 e. The van der Waals surface area contributed by atoms with E-state index in [-0.39, 0.29) is 6.09 Å². The number of carbonyl (C=O) groups is 2. The van der Waals surface area contributed by atoms with Crippen molar-refractivity contribution in [2.75, 3.05) is 26.3 Å². The first-order chi connectivity index (χ1) is 11.2. The Bertz CT molecular complexity index is 451. The van der Waals surface area contributed by atoms with E-state index in [1.807, 2.05) is 20.8 Å². The number of nitrogens with zero attached hydrogens (tertiary/aromatic N) is 1. The van der Waals surface area contributed by atoms with Gasteiger partial charge in [-0.3, -0.25) is 4.79 Å². The first-order valence-electron chi connectivity index (χ1n) is 9.01. The SMILES string of the molecule is CC(C)(C)OC(=O)N1CCCC(CCC2(C(=O)O)CCOCC2)C1. The lowest BCUT2D eigenvalue weighted by molar-refractivity contribution is -0.155. The molecule has 6 nitrogen and oxygen atoms in total. The summed E-state index contributed by atoms with van der Waals surface area (Å²) < 4.78 is 10.8. The summed E-state index contributed by atoms with van der Waals surface area (Å²) in [4.78, 5) is 25.7. The molecule has 2 saturated heterocycles. The van der Waals surface area contributed by atoms with E-state index in [1.165, 1.54) is 0 Å². The minimum atomic E-state index is -0.703. The van der Waals surface area contributed by atoms with Crippen molar-refractivity contribution in [3.05, 3.63) is 0 Å². The van der Waals surface area contributed by atoms with Crippen LogP contribution in [0.2, 0.25) is 0 Å². The molecule has 0 saturated carbocycles. The van der Waals surface area contributed by atoms with Crippen molar-refractivity contribution in [2.24, 2.45) is 11.3 Å². The molecule has 138 valence electrons. The van der Waals surface area contributed by atoms with Crippen LogP contribution in [0.3, 0.4) is 0 Å². The fourth-order valence-corrected chi connectivity index (χ4v) is 3.61. The molecule has 24 heavy (non-hydrogen) atoms. The Balaban J connectivity index is 1.88. The second-order valence-corrected chi connectivity index (χ2v) is 8.17. The van der Waals surface area contributed by atoms with Crippen LogP contribution in [-0.4, -0.2) is 54.0 Å². The molecule has 1 unspecified atom stereocenters. The van der Waals surface area contributed by atoms with E-state index in [0.29, 0.717) is 44.9 Å². The van der Waals surface area contributed by atoms with Crippen LogP contribution < -0.4 is 0 Å². The van der Waals surface area contributed by atoms with Crippen LogP contribution in [0.5, 0.6) is 0 Å². The van der Waals surface area contributed by atoms with Crippen LogP contribution in [0.4, 0.5) is 4.79 Å². The van der Waals surface area contributed by atoms with Gasteiger partial charge in [0, 0.05) is 26.3 Å².